The Kier molecular flexibility index (Phi) is 4.37. The van der Waals surface area contributed by atoms with E-state index in [1.54, 1.807) is 10.3 Å². The number of fused-ring (bicyclic) bond motifs is 3. The summed E-state index contributed by atoms with van der Waals surface area (Å²) in [5, 5.41) is 3.69. The lowest BCUT2D eigenvalue weighted by Gasteiger charge is -2.33. The molecule has 4 rings (SSSR count). The quantitative estimate of drug-likeness (QED) is 0.557. The van der Waals surface area contributed by atoms with Crippen LogP contribution in [0.25, 0.3) is 11.1 Å². The van der Waals surface area contributed by atoms with E-state index in [-0.39, 0.29) is 5.54 Å². The number of anilines is 1. The lowest BCUT2D eigenvalue weighted by Crippen LogP contribution is -2.31. The summed E-state index contributed by atoms with van der Waals surface area (Å²) >= 11 is 0. The molecule has 0 bridgehead atoms. The number of aryl methyl sites for hydroxylation is 1. The van der Waals surface area contributed by atoms with Gasteiger partial charge >= 0.3 is 0 Å². The van der Waals surface area contributed by atoms with E-state index in [0.29, 0.717) is 6.61 Å². The molecule has 0 amide bonds. The molecule has 1 aromatic heterocycles. The summed E-state index contributed by atoms with van der Waals surface area (Å²) < 4.78 is 6.81. The Morgan fingerprint density at radius 3 is 2.73 bits per heavy atom. The normalized spacial score (nSPS) is 15.2. The van der Waals surface area contributed by atoms with Crippen molar-refractivity contribution in [2.75, 3.05) is 11.9 Å². The molecule has 1 aliphatic rings. The van der Waals surface area contributed by atoms with Crippen LogP contribution in [-0.4, -0.2) is 6.61 Å². The molecular formula is C21H22N2OS2. The molecule has 0 saturated carbocycles. The second-order valence-electron chi connectivity index (χ2n) is 6.99. The molecule has 0 aliphatic carbocycles. The number of para-hydroxylation sites is 2. The van der Waals surface area contributed by atoms with E-state index >= 15 is 0 Å². The van der Waals surface area contributed by atoms with Crippen LogP contribution in [0.4, 0.5) is 11.4 Å². The number of nitrogens with zero attached hydrogens (tertiary/aromatic N) is 1. The molecule has 2 heterocycles. The highest BCUT2D eigenvalue weighted by atomic mass is 32.9. The van der Waals surface area contributed by atoms with Gasteiger partial charge in [-0.3, -0.25) is 0 Å². The highest BCUT2D eigenvalue weighted by molar-refractivity contribution is 7.68. The van der Waals surface area contributed by atoms with Crippen LogP contribution in [0.15, 0.2) is 47.5 Å². The molecule has 0 saturated heterocycles. The van der Waals surface area contributed by atoms with Gasteiger partial charge in [-0.05, 0) is 51.5 Å². The maximum atomic E-state index is 5.76. The van der Waals surface area contributed by atoms with Crippen molar-refractivity contribution in [3.8, 4) is 16.9 Å². The minimum absolute atomic E-state index is 0.107. The number of rotatable bonds is 3. The molecule has 0 unspecified atom stereocenters. The van der Waals surface area contributed by atoms with Crippen LogP contribution in [0.1, 0.15) is 31.2 Å². The lowest BCUT2D eigenvalue weighted by molar-refractivity contribution is 0.341. The van der Waals surface area contributed by atoms with Gasteiger partial charge in [0, 0.05) is 16.8 Å². The molecule has 1 N–H and O–H groups in total. The van der Waals surface area contributed by atoms with Crippen molar-refractivity contribution in [2.24, 2.45) is 4.99 Å². The van der Waals surface area contributed by atoms with Gasteiger partial charge < -0.3 is 10.1 Å². The average molecular weight is 383 g/mol. The lowest BCUT2D eigenvalue weighted by atomic mass is 9.89. The molecule has 134 valence electrons. The molecule has 0 fully saturated rings. The topological polar surface area (TPSA) is 33.6 Å². The van der Waals surface area contributed by atoms with Crippen LogP contribution >= 0.6 is 20.7 Å². The Labute approximate surface area is 161 Å². The number of ether oxygens (including phenoxy) is 1. The van der Waals surface area contributed by atoms with Crippen molar-refractivity contribution < 1.29 is 4.74 Å². The van der Waals surface area contributed by atoms with Gasteiger partial charge in [0.1, 0.15) is 16.1 Å². The average Bonchev–Trinajstić information content (AvgIpc) is 3.01. The van der Waals surface area contributed by atoms with E-state index < -0.39 is 0 Å². The summed E-state index contributed by atoms with van der Waals surface area (Å²) in [4.78, 5) is 6.34. The predicted molar refractivity (Wildman–Crippen MR) is 112 cm³/mol. The molecule has 5 heteroatoms. The Hall–Kier alpha value is -2.11. The second-order valence-corrected chi connectivity index (χ2v) is 9.12. The summed E-state index contributed by atoms with van der Waals surface area (Å²) in [6.45, 7) is 9.23. The standard InChI is InChI=1S/C21H22N2OS2/c1-5-24-17-9-7-6-8-15(17)22-20-18-14-11-10-13(2)12-16(14)23-21(3,4)19(18)25-26-20/h6-12,23H,5H2,1-4H3. The van der Waals surface area contributed by atoms with Gasteiger partial charge in [0.2, 0.25) is 0 Å². The Morgan fingerprint density at radius 2 is 1.92 bits per heavy atom. The van der Waals surface area contributed by atoms with Gasteiger partial charge in [0.15, 0.2) is 0 Å². The molecule has 3 aromatic rings. The van der Waals surface area contributed by atoms with Crippen molar-refractivity contribution >= 4 is 32.1 Å². The first-order valence-corrected chi connectivity index (χ1v) is 10.9. The highest BCUT2D eigenvalue weighted by Crippen LogP contribution is 2.45. The smallest absolute Gasteiger partial charge is 0.144 e. The molecule has 1 aliphatic heterocycles. The molecule has 3 nitrogen and oxygen atoms in total. The third-order valence-electron chi connectivity index (χ3n) is 4.49. The van der Waals surface area contributed by atoms with Crippen LogP contribution in [-0.2, 0) is 5.54 Å². The van der Waals surface area contributed by atoms with Gasteiger partial charge in [-0.1, -0.05) is 44.9 Å². The minimum atomic E-state index is -0.107. The molecule has 0 atom stereocenters. The zero-order valence-corrected chi connectivity index (χ0v) is 17.1. The van der Waals surface area contributed by atoms with Gasteiger partial charge in [0.25, 0.3) is 0 Å². The number of hydrogen-bond donors (Lipinski definition) is 1. The third kappa shape index (κ3) is 2.95. The molecule has 0 radical (unpaired) electrons. The van der Waals surface area contributed by atoms with Crippen LogP contribution < -0.4 is 14.7 Å². The van der Waals surface area contributed by atoms with Crippen molar-refractivity contribution in [3.63, 3.8) is 0 Å². The first-order chi connectivity index (χ1) is 12.5. The maximum Gasteiger partial charge on any atom is 0.144 e. The summed E-state index contributed by atoms with van der Waals surface area (Å²) in [6, 6.07) is 14.6. The van der Waals surface area contributed by atoms with Crippen LogP contribution in [0, 0.1) is 6.92 Å². The van der Waals surface area contributed by atoms with Gasteiger partial charge in [-0.15, -0.1) is 0 Å². The third-order valence-corrected chi connectivity index (χ3v) is 7.13. The fourth-order valence-corrected chi connectivity index (χ4v) is 6.23. The predicted octanol–water partition coefficient (Wildman–Crippen LogP) is 6.08. The number of hydrogen-bond acceptors (Lipinski definition) is 5. The zero-order valence-electron chi connectivity index (χ0n) is 15.4. The van der Waals surface area contributed by atoms with Crippen molar-refractivity contribution in [2.45, 2.75) is 33.2 Å². The fraction of sp³-hybridized carbons (Fsp3) is 0.286. The van der Waals surface area contributed by atoms with Gasteiger partial charge in [-0.2, -0.15) is 0 Å². The van der Waals surface area contributed by atoms with Gasteiger partial charge in [0.05, 0.1) is 17.0 Å². The Morgan fingerprint density at radius 1 is 1.12 bits per heavy atom. The van der Waals surface area contributed by atoms with E-state index in [9.17, 15) is 0 Å². The zero-order chi connectivity index (χ0) is 18.3. The molecular weight excluding hydrogens is 360 g/mol. The maximum absolute atomic E-state index is 5.76. The van der Waals surface area contributed by atoms with E-state index in [0.717, 1.165) is 16.1 Å². The molecule has 0 spiro atoms. The monoisotopic (exact) mass is 382 g/mol. The summed E-state index contributed by atoms with van der Waals surface area (Å²) in [5.41, 5.74) is 5.71. The van der Waals surface area contributed by atoms with Crippen LogP contribution in [0.3, 0.4) is 0 Å². The summed E-state index contributed by atoms with van der Waals surface area (Å²) in [6.07, 6.45) is 0. The summed E-state index contributed by atoms with van der Waals surface area (Å²) in [5.74, 6) is 0.833. The second kappa shape index (κ2) is 6.56. The largest absolute Gasteiger partial charge is 0.492 e. The number of benzene rings is 2. The summed E-state index contributed by atoms with van der Waals surface area (Å²) in [7, 11) is 3.55. The fourth-order valence-electron chi connectivity index (χ4n) is 3.30. The first-order valence-electron chi connectivity index (χ1n) is 8.79. The molecule has 26 heavy (non-hydrogen) atoms. The highest BCUT2D eigenvalue weighted by Gasteiger charge is 2.33. The van der Waals surface area contributed by atoms with Gasteiger partial charge in [-0.25, -0.2) is 4.99 Å². The van der Waals surface area contributed by atoms with Crippen LogP contribution in [0.5, 0.6) is 5.75 Å². The minimum Gasteiger partial charge on any atom is -0.492 e. The van der Waals surface area contributed by atoms with E-state index in [2.05, 4.69) is 44.3 Å². The first kappa shape index (κ1) is 17.3. The van der Waals surface area contributed by atoms with E-state index in [4.69, 9.17) is 9.73 Å². The van der Waals surface area contributed by atoms with E-state index in [1.807, 2.05) is 41.5 Å². The van der Waals surface area contributed by atoms with Crippen molar-refractivity contribution in [3.05, 3.63) is 57.6 Å². The Balaban J connectivity index is 1.95. The molecule has 2 aromatic carbocycles. The Bertz CT molecular complexity index is 1030. The van der Waals surface area contributed by atoms with Crippen molar-refractivity contribution in [1.82, 2.24) is 0 Å². The van der Waals surface area contributed by atoms with Crippen LogP contribution in [0.2, 0.25) is 0 Å². The van der Waals surface area contributed by atoms with E-state index in [1.165, 1.54) is 27.3 Å². The SMILES string of the molecule is CCOc1ccccc1N=c1ssc2c1-c1ccc(C)cc1NC2(C)C. The number of nitrogens with one attached hydrogen (secondary N) is 1. The van der Waals surface area contributed by atoms with Crippen molar-refractivity contribution in [1.29, 1.82) is 0 Å².